The fraction of sp³-hybridized carbons (Fsp3) is 0.833. The van der Waals surface area contributed by atoms with Crippen molar-refractivity contribution < 1.29 is 4.74 Å². The average molecular weight is 211 g/mol. The van der Waals surface area contributed by atoms with Crippen molar-refractivity contribution in [1.29, 1.82) is 0 Å². The number of hydrogen-bond donors (Lipinski definition) is 0. The van der Waals surface area contributed by atoms with Gasteiger partial charge in [0, 0.05) is 5.41 Å². The van der Waals surface area contributed by atoms with Crippen LogP contribution in [-0.2, 0) is 4.74 Å². The van der Waals surface area contributed by atoms with Gasteiger partial charge in [0.05, 0.1) is 17.1 Å². The minimum Gasteiger partial charge on any atom is -0.364 e. The summed E-state index contributed by atoms with van der Waals surface area (Å²) in [6, 6.07) is 0. The molecule has 0 unspecified atom stereocenters. The predicted molar refractivity (Wildman–Crippen MR) is 55.4 cm³/mol. The molecule has 4 rings (SSSR count). The van der Waals surface area contributed by atoms with E-state index in [4.69, 9.17) is 16.3 Å². The van der Waals surface area contributed by atoms with Crippen LogP contribution < -0.4 is 0 Å². The van der Waals surface area contributed by atoms with E-state index in [0.717, 1.165) is 5.92 Å². The SMILES string of the molecule is Cl[C@]12[C@@H]3C=C[C@@H](O3)[C@]13CCCCC[C@H]23. The van der Waals surface area contributed by atoms with Crippen molar-refractivity contribution in [2.45, 2.75) is 49.2 Å². The molecule has 2 bridgehead atoms. The second-order valence-corrected chi connectivity index (χ2v) is 5.95. The highest BCUT2D eigenvalue weighted by Crippen LogP contribution is 2.80. The molecule has 2 aliphatic carbocycles. The molecular weight excluding hydrogens is 196 g/mol. The number of fused-ring (bicyclic) bond motifs is 4. The first kappa shape index (κ1) is 8.18. The summed E-state index contributed by atoms with van der Waals surface area (Å²) in [6.45, 7) is 0. The molecule has 0 aromatic rings. The van der Waals surface area contributed by atoms with Crippen molar-refractivity contribution in [3.05, 3.63) is 12.2 Å². The van der Waals surface area contributed by atoms with Gasteiger partial charge in [-0.3, -0.25) is 0 Å². The van der Waals surface area contributed by atoms with E-state index in [0.29, 0.717) is 11.5 Å². The molecule has 14 heavy (non-hydrogen) atoms. The normalized spacial score (nSPS) is 63.4. The minimum atomic E-state index is 0.00678. The van der Waals surface area contributed by atoms with Crippen LogP contribution in [0.25, 0.3) is 0 Å². The number of rotatable bonds is 0. The van der Waals surface area contributed by atoms with Crippen LogP contribution in [0.4, 0.5) is 0 Å². The third-order valence-electron chi connectivity index (χ3n) is 5.02. The summed E-state index contributed by atoms with van der Waals surface area (Å²) in [5.74, 6) is 0.748. The Balaban J connectivity index is 1.81. The number of halogens is 1. The molecule has 2 heteroatoms. The Hall–Kier alpha value is -0.0100. The zero-order chi connectivity index (χ0) is 9.39. The fourth-order valence-corrected chi connectivity index (χ4v) is 5.11. The van der Waals surface area contributed by atoms with Gasteiger partial charge >= 0.3 is 0 Å². The number of hydrogen-bond acceptors (Lipinski definition) is 1. The Morgan fingerprint density at radius 2 is 2.00 bits per heavy atom. The molecule has 76 valence electrons. The fourth-order valence-electron chi connectivity index (χ4n) is 4.41. The van der Waals surface area contributed by atoms with Crippen LogP contribution in [0.1, 0.15) is 32.1 Å². The highest BCUT2D eigenvalue weighted by atomic mass is 35.5. The monoisotopic (exact) mass is 210 g/mol. The van der Waals surface area contributed by atoms with E-state index in [2.05, 4.69) is 12.2 Å². The summed E-state index contributed by atoms with van der Waals surface area (Å²) in [5, 5.41) is 0. The smallest absolute Gasteiger partial charge is 0.0966 e. The molecule has 1 nitrogen and oxygen atoms in total. The van der Waals surface area contributed by atoms with Crippen LogP contribution in [0, 0.1) is 11.3 Å². The van der Waals surface area contributed by atoms with Gasteiger partial charge in [-0.1, -0.05) is 31.4 Å². The Morgan fingerprint density at radius 3 is 2.93 bits per heavy atom. The molecular formula is C12H15ClO. The topological polar surface area (TPSA) is 9.23 Å². The van der Waals surface area contributed by atoms with E-state index < -0.39 is 0 Å². The van der Waals surface area contributed by atoms with E-state index in [1.165, 1.54) is 32.1 Å². The maximum atomic E-state index is 6.80. The first-order chi connectivity index (χ1) is 6.80. The molecule has 0 aromatic carbocycles. The number of ether oxygens (including phenoxy) is 1. The number of alkyl halides is 1. The second-order valence-electron chi connectivity index (χ2n) is 5.32. The molecule has 3 fully saturated rings. The minimum absolute atomic E-state index is 0.00678. The van der Waals surface area contributed by atoms with E-state index in [1.54, 1.807) is 0 Å². The van der Waals surface area contributed by atoms with E-state index in [-0.39, 0.29) is 11.0 Å². The van der Waals surface area contributed by atoms with Crippen molar-refractivity contribution >= 4 is 11.6 Å². The maximum absolute atomic E-state index is 6.80. The summed E-state index contributed by atoms with van der Waals surface area (Å²) >= 11 is 6.80. The van der Waals surface area contributed by atoms with Crippen LogP contribution in [0.5, 0.6) is 0 Å². The summed E-state index contributed by atoms with van der Waals surface area (Å²) in [7, 11) is 0. The van der Waals surface area contributed by atoms with Gasteiger partial charge in [0.1, 0.15) is 0 Å². The maximum Gasteiger partial charge on any atom is 0.0966 e. The average Bonchev–Trinajstić information content (AvgIpc) is 2.45. The van der Waals surface area contributed by atoms with Gasteiger partial charge in [0.15, 0.2) is 0 Å². The quantitative estimate of drug-likeness (QED) is 0.441. The molecule has 0 N–H and O–H groups in total. The van der Waals surface area contributed by atoms with Gasteiger partial charge in [-0.05, 0) is 18.8 Å². The lowest BCUT2D eigenvalue weighted by molar-refractivity contribution is 0.0549. The standard InChI is InChI=1S/C12H15ClO/c13-12-8-4-2-1-3-7-11(8,12)9-5-6-10(12)14-9/h5-6,8-10H,1-4,7H2/t8-,9+,10-,11+,12+/m0/s1. The van der Waals surface area contributed by atoms with Crippen molar-refractivity contribution in [3.8, 4) is 0 Å². The van der Waals surface area contributed by atoms with Crippen molar-refractivity contribution in [3.63, 3.8) is 0 Å². The lowest BCUT2D eigenvalue weighted by Gasteiger charge is -2.19. The van der Waals surface area contributed by atoms with Crippen LogP contribution in [0.3, 0.4) is 0 Å². The molecule has 2 saturated carbocycles. The lowest BCUT2D eigenvalue weighted by Crippen LogP contribution is -2.24. The first-order valence-corrected chi connectivity index (χ1v) is 6.20. The molecule has 2 aliphatic heterocycles. The molecule has 1 saturated heterocycles. The predicted octanol–water partition coefficient (Wildman–Crippen LogP) is 2.88. The molecule has 0 amide bonds. The van der Waals surface area contributed by atoms with Gasteiger partial charge < -0.3 is 4.74 Å². The Bertz CT molecular complexity index is 326. The van der Waals surface area contributed by atoms with Gasteiger partial charge in [-0.25, -0.2) is 0 Å². The summed E-state index contributed by atoms with van der Waals surface area (Å²) in [5.41, 5.74) is 0.352. The molecule has 0 aromatic heterocycles. The molecule has 5 atom stereocenters. The van der Waals surface area contributed by atoms with Gasteiger partial charge in [0.25, 0.3) is 0 Å². The van der Waals surface area contributed by atoms with E-state index >= 15 is 0 Å². The highest BCUT2D eigenvalue weighted by Gasteiger charge is 2.85. The zero-order valence-corrected chi connectivity index (χ0v) is 8.96. The lowest BCUT2D eigenvalue weighted by atomic mass is 9.87. The Kier molecular flexibility index (Phi) is 1.30. The molecule has 1 spiro atoms. The molecule has 2 heterocycles. The van der Waals surface area contributed by atoms with Crippen LogP contribution >= 0.6 is 11.6 Å². The van der Waals surface area contributed by atoms with E-state index in [1.807, 2.05) is 0 Å². The third kappa shape index (κ3) is 0.603. The van der Waals surface area contributed by atoms with E-state index in [9.17, 15) is 0 Å². The zero-order valence-electron chi connectivity index (χ0n) is 8.21. The van der Waals surface area contributed by atoms with Crippen LogP contribution in [-0.4, -0.2) is 17.1 Å². The highest BCUT2D eigenvalue weighted by molar-refractivity contribution is 6.28. The summed E-state index contributed by atoms with van der Waals surface area (Å²) in [4.78, 5) is 0.00678. The van der Waals surface area contributed by atoms with Crippen molar-refractivity contribution in [2.24, 2.45) is 11.3 Å². The van der Waals surface area contributed by atoms with Crippen molar-refractivity contribution in [2.75, 3.05) is 0 Å². The van der Waals surface area contributed by atoms with Crippen LogP contribution in [0.2, 0.25) is 0 Å². The van der Waals surface area contributed by atoms with Gasteiger partial charge in [-0.15, -0.1) is 11.6 Å². The second kappa shape index (κ2) is 2.22. The van der Waals surface area contributed by atoms with Gasteiger partial charge in [0.2, 0.25) is 0 Å². The van der Waals surface area contributed by atoms with Gasteiger partial charge in [-0.2, -0.15) is 0 Å². The Morgan fingerprint density at radius 1 is 1.14 bits per heavy atom. The van der Waals surface area contributed by atoms with Crippen molar-refractivity contribution in [1.82, 2.24) is 0 Å². The molecule has 4 aliphatic rings. The molecule has 0 radical (unpaired) electrons. The first-order valence-electron chi connectivity index (χ1n) is 5.83. The Labute approximate surface area is 89.5 Å². The van der Waals surface area contributed by atoms with Crippen LogP contribution in [0.15, 0.2) is 12.2 Å². The summed E-state index contributed by atoms with van der Waals surface area (Å²) in [6.07, 6.45) is 11.8. The summed E-state index contributed by atoms with van der Waals surface area (Å²) < 4.78 is 5.91. The third-order valence-corrected chi connectivity index (χ3v) is 5.85. The largest absolute Gasteiger partial charge is 0.364 e.